The van der Waals surface area contributed by atoms with Crippen LogP contribution in [0.15, 0.2) is 42.6 Å². The van der Waals surface area contributed by atoms with E-state index in [1.54, 1.807) is 6.20 Å². The van der Waals surface area contributed by atoms with Crippen molar-refractivity contribution < 1.29 is 0 Å². The number of anilines is 1. The molecule has 2 aromatic heterocycles. The Morgan fingerprint density at radius 3 is 2.71 bits per heavy atom. The Morgan fingerprint density at radius 2 is 1.94 bits per heavy atom. The van der Waals surface area contributed by atoms with Gasteiger partial charge in [-0.25, -0.2) is 9.97 Å². The number of benzene rings is 1. The van der Waals surface area contributed by atoms with Gasteiger partial charge in [-0.3, -0.25) is 4.57 Å². The first-order valence-electron chi connectivity index (χ1n) is 5.42. The van der Waals surface area contributed by atoms with Crippen LogP contribution in [0.25, 0.3) is 16.9 Å². The third-order valence-corrected chi connectivity index (χ3v) is 2.73. The Kier molecular flexibility index (Phi) is 2.08. The summed E-state index contributed by atoms with van der Waals surface area (Å²) >= 11 is 0. The van der Waals surface area contributed by atoms with Crippen LogP contribution in [0, 0.1) is 6.92 Å². The average molecular weight is 224 g/mol. The van der Waals surface area contributed by atoms with Gasteiger partial charge in [-0.2, -0.15) is 0 Å². The van der Waals surface area contributed by atoms with E-state index in [9.17, 15) is 0 Å². The molecule has 0 aliphatic carbocycles. The number of nitrogens with two attached hydrogens (primary N) is 1. The molecule has 0 saturated carbocycles. The SMILES string of the molecule is Cc1nc2ccccc2n1-c1ccc(N)cn1. The van der Waals surface area contributed by atoms with Crippen LogP contribution in [0.3, 0.4) is 0 Å². The minimum atomic E-state index is 0.663. The van der Waals surface area contributed by atoms with E-state index >= 15 is 0 Å². The van der Waals surface area contributed by atoms with E-state index in [0.717, 1.165) is 22.7 Å². The van der Waals surface area contributed by atoms with Crippen LogP contribution >= 0.6 is 0 Å². The van der Waals surface area contributed by atoms with Gasteiger partial charge in [0.05, 0.1) is 22.9 Å². The lowest BCUT2D eigenvalue weighted by Gasteiger charge is -2.05. The second-order valence-corrected chi connectivity index (χ2v) is 3.93. The van der Waals surface area contributed by atoms with E-state index in [-0.39, 0.29) is 0 Å². The monoisotopic (exact) mass is 224 g/mol. The quantitative estimate of drug-likeness (QED) is 0.690. The molecule has 0 aliphatic rings. The molecule has 0 fully saturated rings. The maximum atomic E-state index is 5.64. The number of rotatable bonds is 1. The van der Waals surface area contributed by atoms with E-state index in [1.165, 1.54) is 0 Å². The van der Waals surface area contributed by atoms with Crippen LogP contribution in [0.1, 0.15) is 5.82 Å². The second-order valence-electron chi connectivity index (χ2n) is 3.93. The highest BCUT2D eigenvalue weighted by Crippen LogP contribution is 2.19. The van der Waals surface area contributed by atoms with E-state index in [4.69, 9.17) is 5.73 Å². The predicted octanol–water partition coefficient (Wildman–Crippen LogP) is 2.31. The number of para-hydroxylation sites is 2. The van der Waals surface area contributed by atoms with Crippen LogP contribution in [-0.2, 0) is 0 Å². The topological polar surface area (TPSA) is 56.7 Å². The lowest BCUT2D eigenvalue weighted by Crippen LogP contribution is -2.00. The van der Waals surface area contributed by atoms with Crippen molar-refractivity contribution in [1.29, 1.82) is 0 Å². The number of aromatic nitrogens is 3. The molecule has 2 N–H and O–H groups in total. The fourth-order valence-corrected chi connectivity index (χ4v) is 1.97. The highest BCUT2D eigenvalue weighted by Gasteiger charge is 2.08. The first-order chi connectivity index (χ1) is 8.25. The highest BCUT2D eigenvalue weighted by molar-refractivity contribution is 5.77. The molecule has 0 amide bonds. The van der Waals surface area contributed by atoms with Gasteiger partial charge >= 0.3 is 0 Å². The number of fused-ring (bicyclic) bond motifs is 1. The standard InChI is InChI=1S/C13H12N4/c1-9-16-11-4-2-3-5-12(11)17(9)13-7-6-10(14)8-15-13/h2-8H,14H2,1H3. The lowest BCUT2D eigenvalue weighted by atomic mass is 10.3. The molecule has 0 unspecified atom stereocenters. The summed E-state index contributed by atoms with van der Waals surface area (Å²) in [4.78, 5) is 8.83. The largest absolute Gasteiger partial charge is 0.397 e. The maximum Gasteiger partial charge on any atom is 0.138 e. The fourth-order valence-electron chi connectivity index (χ4n) is 1.97. The Bertz CT molecular complexity index is 667. The molecule has 3 aromatic rings. The Morgan fingerprint density at radius 1 is 1.12 bits per heavy atom. The zero-order valence-electron chi connectivity index (χ0n) is 9.46. The van der Waals surface area contributed by atoms with Crippen LogP contribution < -0.4 is 5.73 Å². The first-order valence-corrected chi connectivity index (χ1v) is 5.42. The number of nitrogens with zero attached hydrogens (tertiary/aromatic N) is 3. The third-order valence-electron chi connectivity index (χ3n) is 2.73. The van der Waals surface area contributed by atoms with Crippen molar-refractivity contribution in [3.63, 3.8) is 0 Å². The summed E-state index contributed by atoms with van der Waals surface area (Å²) < 4.78 is 2.02. The molecule has 0 aliphatic heterocycles. The number of aryl methyl sites for hydroxylation is 1. The van der Waals surface area contributed by atoms with Gasteiger partial charge in [-0.05, 0) is 31.2 Å². The first kappa shape index (κ1) is 9.84. The molecular weight excluding hydrogens is 212 g/mol. The Hall–Kier alpha value is -2.36. The summed E-state index contributed by atoms with van der Waals surface area (Å²) in [5.74, 6) is 1.76. The fraction of sp³-hybridized carbons (Fsp3) is 0.0769. The molecule has 0 bridgehead atoms. The van der Waals surface area contributed by atoms with E-state index in [0.29, 0.717) is 5.69 Å². The number of hydrogen-bond donors (Lipinski definition) is 1. The normalized spacial score (nSPS) is 10.9. The van der Waals surface area contributed by atoms with Crippen molar-refractivity contribution in [2.24, 2.45) is 0 Å². The molecular formula is C13H12N4. The van der Waals surface area contributed by atoms with Crippen molar-refractivity contribution in [3.8, 4) is 5.82 Å². The molecule has 2 heterocycles. The minimum absolute atomic E-state index is 0.663. The molecule has 0 spiro atoms. The van der Waals surface area contributed by atoms with Gasteiger partial charge in [0.2, 0.25) is 0 Å². The average Bonchev–Trinajstić information content (AvgIpc) is 2.66. The maximum absolute atomic E-state index is 5.64. The van der Waals surface area contributed by atoms with Gasteiger partial charge < -0.3 is 5.73 Å². The summed E-state index contributed by atoms with van der Waals surface area (Å²) in [6.07, 6.45) is 1.66. The lowest BCUT2D eigenvalue weighted by molar-refractivity contribution is 0.958. The summed E-state index contributed by atoms with van der Waals surface area (Å²) in [6, 6.07) is 11.8. The van der Waals surface area contributed by atoms with E-state index in [1.807, 2.05) is 47.9 Å². The summed E-state index contributed by atoms with van der Waals surface area (Å²) in [5, 5.41) is 0. The zero-order chi connectivity index (χ0) is 11.8. The molecule has 0 atom stereocenters. The molecule has 84 valence electrons. The van der Waals surface area contributed by atoms with Crippen molar-refractivity contribution in [2.45, 2.75) is 6.92 Å². The van der Waals surface area contributed by atoms with Crippen molar-refractivity contribution in [3.05, 3.63) is 48.4 Å². The zero-order valence-corrected chi connectivity index (χ0v) is 9.46. The molecule has 3 rings (SSSR count). The Labute approximate surface area is 98.7 Å². The van der Waals surface area contributed by atoms with Crippen molar-refractivity contribution in [2.75, 3.05) is 5.73 Å². The third kappa shape index (κ3) is 1.54. The number of pyridine rings is 1. The van der Waals surface area contributed by atoms with Gasteiger partial charge in [0, 0.05) is 0 Å². The molecule has 4 nitrogen and oxygen atoms in total. The van der Waals surface area contributed by atoms with E-state index in [2.05, 4.69) is 9.97 Å². The van der Waals surface area contributed by atoms with Gasteiger partial charge in [-0.15, -0.1) is 0 Å². The molecule has 4 heteroatoms. The smallest absolute Gasteiger partial charge is 0.138 e. The Balaban J connectivity index is 2.29. The van der Waals surface area contributed by atoms with Crippen LogP contribution in [0.5, 0.6) is 0 Å². The highest BCUT2D eigenvalue weighted by atomic mass is 15.1. The molecule has 0 radical (unpaired) electrons. The van der Waals surface area contributed by atoms with E-state index < -0.39 is 0 Å². The van der Waals surface area contributed by atoms with Gasteiger partial charge in [0.1, 0.15) is 11.6 Å². The second kappa shape index (κ2) is 3.59. The molecule has 0 saturated heterocycles. The van der Waals surface area contributed by atoms with Gasteiger partial charge in [0.15, 0.2) is 0 Å². The summed E-state index contributed by atoms with van der Waals surface area (Å²) in [5.41, 5.74) is 8.34. The number of imidazole rings is 1. The van der Waals surface area contributed by atoms with Gasteiger partial charge in [0.25, 0.3) is 0 Å². The summed E-state index contributed by atoms with van der Waals surface area (Å²) in [7, 11) is 0. The molecule has 1 aromatic carbocycles. The van der Waals surface area contributed by atoms with Crippen LogP contribution in [0.4, 0.5) is 5.69 Å². The van der Waals surface area contributed by atoms with Crippen molar-refractivity contribution >= 4 is 16.7 Å². The molecule has 17 heavy (non-hydrogen) atoms. The van der Waals surface area contributed by atoms with Gasteiger partial charge in [-0.1, -0.05) is 12.1 Å². The number of hydrogen-bond acceptors (Lipinski definition) is 3. The minimum Gasteiger partial charge on any atom is -0.397 e. The number of nitrogen functional groups attached to an aromatic ring is 1. The summed E-state index contributed by atoms with van der Waals surface area (Å²) in [6.45, 7) is 1.97. The van der Waals surface area contributed by atoms with Crippen LogP contribution in [-0.4, -0.2) is 14.5 Å². The van der Waals surface area contributed by atoms with Crippen molar-refractivity contribution in [1.82, 2.24) is 14.5 Å². The predicted molar refractivity (Wildman–Crippen MR) is 68.0 cm³/mol. The van der Waals surface area contributed by atoms with Crippen LogP contribution in [0.2, 0.25) is 0 Å².